The number of imide groups is 5. The molecule has 13 aromatic rings. The number of nitrogen functional groups attached to an aromatic ring is 2. The predicted molar refractivity (Wildman–Crippen MR) is 491 cm³/mol. The van der Waals surface area contributed by atoms with Gasteiger partial charge in [0, 0.05) is 112 Å². The maximum absolute atomic E-state index is 13.2. The fourth-order valence-electron chi connectivity index (χ4n) is 19.0. The molecule has 18 amide bonds. The largest absolute Gasteiger partial charge is 0.458 e. The molecule has 5 fully saturated rings. The molecule has 23 rings (SSSR count). The maximum atomic E-state index is 13.2. The first-order chi connectivity index (χ1) is 65.7. The number of ketones is 1. The van der Waals surface area contributed by atoms with Crippen molar-refractivity contribution in [1.82, 2.24) is 77.4 Å². The number of nitrogens with zero attached hydrogens (tertiary/aromatic N) is 6. The molecule has 4 atom stereocenters. The molecule has 8 aromatic carbocycles. The van der Waals surface area contributed by atoms with Gasteiger partial charge >= 0.3 is 24.1 Å². The van der Waals surface area contributed by atoms with Gasteiger partial charge in [0.1, 0.15) is 45.4 Å². The Labute approximate surface area is 775 Å². The zero-order chi connectivity index (χ0) is 95.7. The Morgan fingerprint density at radius 3 is 1.11 bits per heavy atom. The number of rotatable bonds is 18. The lowest BCUT2D eigenvalue weighted by Crippen LogP contribution is -2.52. The molecule has 0 saturated carbocycles. The van der Waals surface area contributed by atoms with E-state index in [4.69, 9.17) is 29.1 Å². The van der Waals surface area contributed by atoms with Crippen LogP contribution >= 0.6 is 0 Å². The van der Waals surface area contributed by atoms with Gasteiger partial charge in [-0.25, -0.2) is 24.2 Å². The highest BCUT2D eigenvalue weighted by Crippen LogP contribution is 2.43. The Bertz CT molecular complexity index is 7650. The molecule has 10 aliphatic heterocycles. The molecule has 0 radical (unpaired) electrons. The summed E-state index contributed by atoms with van der Waals surface area (Å²) in [5, 5.41) is 25.5. The van der Waals surface area contributed by atoms with Crippen molar-refractivity contribution in [3.05, 3.63) is 288 Å². The van der Waals surface area contributed by atoms with Gasteiger partial charge in [-0.05, 0) is 192 Å². The van der Waals surface area contributed by atoms with Gasteiger partial charge in [0.2, 0.25) is 17.8 Å². The third kappa shape index (κ3) is 15.4. The molecule has 2 unspecified atom stereocenters. The minimum atomic E-state index is -1.64. The molecule has 14 N–H and O–H groups in total. The van der Waals surface area contributed by atoms with Gasteiger partial charge in [0.05, 0.1) is 44.1 Å². The fourth-order valence-corrected chi connectivity index (χ4v) is 19.0. The number of fused-ring (bicyclic) bond motifs is 8. The second-order valence-electron chi connectivity index (χ2n) is 35.1. The minimum Gasteiger partial charge on any atom is -0.458 e. The van der Waals surface area contributed by atoms with Gasteiger partial charge in [0.15, 0.2) is 27.9 Å². The summed E-state index contributed by atoms with van der Waals surface area (Å²) in [7, 11) is 0. The number of nitrogens with one attached hydrogen (secondary N) is 10. The van der Waals surface area contributed by atoms with Crippen LogP contribution in [-0.4, -0.2) is 151 Å². The third-order valence-corrected chi connectivity index (χ3v) is 26.2. The summed E-state index contributed by atoms with van der Waals surface area (Å²) in [6, 6.07) is 48.9. The third-order valence-electron chi connectivity index (χ3n) is 26.2. The van der Waals surface area contributed by atoms with Crippen LogP contribution in [0.2, 0.25) is 0 Å². The zero-order valence-electron chi connectivity index (χ0n) is 73.7. The average Bonchev–Trinajstić information content (AvgIpc) is 1.63. The first-order valence-corrected chi connectivity index (χ1v) is 44.1. The number of aryl methyl sites for hydroxylation is 4. The smallest absolute Gasteiger partial charge is 0.322 e. The summed E-state index contributed by atoms with van der Waals surface area (Å²) in [5.41, 5.74) is 20.2. The normalized spacial score (nSPS) is 20.6. The van der Waals surface area contributed by atoms with Gasteiger partial charge in [-0.2, -0.15) is 0 Å². The number of carbonyl (C=O) groups excluding carboxylic acids is 15. The lowest BCUT2D eigenvalue weighted by Gasteiger charge is -2.29. The number of aromatic amines is 1. The van der Waals surface area contributed by atoms with Crippen molar-refractivity contribution in [2.45, 2.75) is 108 Å². The number of nitrogens with two attached hydrogens (primary N) is 2. The molecule has 5 saturated heterocycles. The van der Waals surface area contributed by atoms with Crippen LogP contribution in [0, 0.1) is 6.92 Å². The fraction of sp³-hybridized carbons (Fsp3) is 0.222. The second kappa shape index (κ2) is 33.3. The number of carbonyl (C=O) groups is 15. The van der Waals surface area contributed by atoms with Crippen LogP contribution in [0.4, 0.5) is 36.5 Å². The summed E-state index contributed by atoms with van der Waals surface area (Å²) in [5.74, 6) is -2.95. The van der Waals surface area contributed by atoms with Crippen molar-refractivity contribution in [3.63, 3.8) is 0 Å². The number of amides is 18. The average molecular weight is 1850 g/mol. The van der Waals surface area contributed by atoms with Gasteiger partial charge in [0.25, 0.3) is 52.8 Å². The van der Waals surface area contributed by atoms with E-state index in [0.717, 1.165) is 74.2 Å². The highest BCUT2D eigenvalue weighted by molar-refractivity contribution is 6.21. The summed E-state index contributed by atoms with van der Waals surface area (Å²) in [4.78, 5) is 215. The SMILES string of the molecule is CCc1ccc2c(c1)C(=O)N(CC1(c3cc4cc(-c5cc(=O)[nH]c(N)n5)ccc4o3)NC(=O)NC1=O)C2.CCc1ccc2c(c1)C(=O)N(CC1(c3cc4cc(C5=CC(=O)CN5)ccc4o3)NC(=O)NC1=O)C2.CCc1ccc2c(c1)C(=O)N(C[C@@]1(c3cc4cc(N)ccc4o3)NC(=O)NC1=O)C2.Cc1ccc2c(c1)C(=O)N(C[C@@]1(c3cc4cc(N5C(=O)CCC5=O)ccc4o3)NC(=O)NC1=O)C2. The summed E-state index contributed by atoms with van der Waals surface area (Å²) < 4.78 is 24.0. The molecule has 10 aliphatic rings. The molecule has 38 nitrogen and oxygen atoms in total. The summed E-state index contributed by atoms with van der Waals surface area (Å²) in [6.45, 7) is 9.15. The van der Waals surface area contributed by atoms with Crippen LogP contribution in [-0.2, 0) is 101 Å². The van der Waals surface area contributed by atoms with E-state index in [2.05, 4.69) is 57.8 Å². The predicted octanol–water partition coefficient (Wildman–Crippen LogP) is 8.57. The van der Waals surface area contributed by atoms with Crippen molar-refractivity contribution < 1.29 is 89.6 Å². The van der Waals surface area contributed by atoms with Crippen LogP contribution in [0.15, 0.2) is 204 Å². The quantitative estimate of drug-likeness (QED) is 0.0217. The molecular formula is C99H84N18O20. The number of anilines is 3. The molecular weight excluding hydrogens is 1760 g/mol. The van der Waals surface area contributed by atoms with Crippen molar-refractivity contribution in [2.75, 3.05) is 49.1 Å². The first-order valence-electron chi connectivity index (χ1n) is 44.1. The highest BCUT2D eigenvalue weighted by Gasteiger charge is 2.58. The van der Waals surface area contributed by atoms with Crippen LogP contribution in [0.3, 0.4) is 0 Å². The van der Waals surface area contributed by atoms with Crippen molar-refractivity contribution >= 4 is 156 Å². The van der Waals surface area contributed by atoms with E-state index in [9.17, 15) is 76.7 Å². The lowest BCUT2D eigenvalue weighted by molar-refractivity contribution is -0.126. The number of H-pyrrole nitrogens is 1. The van der Waals surface area contributed by atoms with E-state index in [0.29, 0.717) is 121 Å². The van der Waals surface area contributed by atoms with Crippen LogP contribution in [0.5, 0.6) is 0 Å². The molecule has 0 spiro atoms. The van der Waals surface area contributed by atoms with E-state index in [1.165, 1.54) is 15.9 Å². The number of benzene rings is 8. The maximum Gasteiger partial charge on any atom is 0.322 e. The molecule has 0 aliphatic carbocycles. The minimum absolute atomic E-state index is 0.000365. The van der Waals surface area contributed by atoms with Gasteiger partial charge in [-0.1, -0.05) is 74.9 Å². The van der Waals surface area contributed by atoms with E-state index >= 15 is 0 Å². The van der Waals surface area contributed by atoms with Crippen molar-refractivity contribution in [2.24, 2.45) is 0 Å². The van der Waals surface area contributed by atoms with Gasteiger partial charge < -0.3 is 75.3 Å². The van der Waals surface area contributed by atoms with Crippen LogP contribution < -0.4 is 69.8 Å². The second-order valence-corrected chi connectivity index (χ2v) is 35.1. The molecule has 5 aromatic heterocycles. The Kier molecular flexibility index (Phi) is 21.2. The molecule has 690 valence electrons. The number of hydrogen-bond donors (Lipinski definition) is 12. The standard InChI is InChI=1S/C26H22N6O5.C26H22N4O5.C25H20N4O6.C22H20N4O4/c1-2-13-3-4-15-11-32(22(34)17(15)7-13)12-26(23(35)30-25(36)31-26)20-9-16-8-14(5-6-19(16)37-20)18-10-21(33)29-24(27)28-18;1-2-14-3-4-16-12-30(23(32)19(16)7-14)13-26(24(33)28-25(34)29-26)22-9-17-8-15(5-6-21(17)35-22)20-10-18(31)11-27-20;1-13-2-3-14-11-28(22(32)17(14)8-13)12-25(23(33)26-24(34)27-25)19-10-15-9-16(4-5-18(15)35-19)29-20(30)6-7-21(29)31;1-2-12-3-4-13-10-26(19(27)16(13)7-12)11-22(20(28)24-21(29)25-22)18-9-14-8-15(23)5-6-17(14)30-18/h3-10H,2,11-12H2,1H3,(H3,27,28,29,33)(H2,30,31,35,36);3-10,27H,2,11-13H2,1H3,(H2,28,29,33,34);2-5,8-10H,6-7,11-12H2,1H3,(H2,26,27,33,34);3-9H,2,10-11,23H2,1H3,(H2,24,25,28,29)/t;;25-;22-/m..00/s1. The number of hydrogen-bond acceptors (Lipinski definition) is 24. The van der Waals surface area contributed by atoms with E-state index in [1.807, 2.05) is 107 Å². The van der Waals surface area contributed by atoms with Crippen LogP contribution in [0.25, 0.3) is 60.8 Å². The van der Waals surface area contributed by atoms with E-state index in [1.54, 1.807) is 107 Å². The van der Waals surface area contributed by atoms with Gasteiger partial charge in [-0.3, -0.25) is 88.7 Å². The lowest BCUT2D eigenvalue weighted by atomic mass is 9.95. The zero-order valence-corrected chi connectivity index (χ0v) is 73.7. The molecule has 38 heteroatoms. The van der Waals surface area contributed by atoms with E-state index in [-0.39, 0.29) is 121 Å². The highest BCUT2D eigenvalue weighted by atomic mass is 16.4. The van der Waals surface area contributed by atoms with Crippen molar-refractivity contribution in [1.29, 1.82) is 0 Å². The van der Waals surface area contributed by atoms with Crippen molar-refractivity contribution in [3.8, 4) is 11.3 Å². The number of urea groups is 4. The number of furan rings is 4. The molecule has 15 heterocycles. The topological polar surface area (TPSA) is 531 Å². The molecule has 0 bridgehead atoms. The first kappa shape index (κ1) is 87.4. The Morgan fingerprint density at radius 1 is 0.380 bits per heavy atom. The Balaban J connectivity index is 0.000000113. The number of aromatic nitrogens is 2. The van der Waals surface area contributed by atoms with Gasteiger partial charge in [-0.15, -0.1) is 0 Å². The Hall–Kier alpha value is -17.6. The summed E-state index contributed by atoms with van der Waals surface area (Å²) in [6.07, 6.45) is 4.30. The molecule has 137 heavy (non-hydrogen) atoms. The Morgan fingerprint density at radius 2 is 0.737 bits per heavy atom. The van der Waals surface area contributed by atoms with Crippen LogP contribution in [0.1, 0.15) is 148 Å². The van der Waals surface area contributed by atoms with E-state index < -0.39 is 69.9 Å². The summed E-state index contributed by atoms with van der Waals surface area (Å²) >= 11 is 0. The monoisotopic (exact) mass is 1840 g/mol.